The van der Waals surface area contributed by atoms with Crippen molar-refractivity contribution in [1.82, 2.24) is 20.2 Å². The van der Waals surface area contributed by atoms with Gasteiger partial charge in [-0.25, -0.2) is 14.8 Å². The molecule has 1 unspecified atom stereocenters. The first-order chi connectivity index (χ1) is 12.3. The molecule has 1 fully saturated rings. The minimum absolute atomic E-state index is 0.0957. The molecule has 0 spiro atoms. The Labute approximate surface area is 146 Å². The van der Waals surface area contributed by atoms with E-state index in [9.17, 15) is 4.79 Å². The molecule has 0 bridgehead atoms. The standard InChI is InChI=1S/C18H19N5O2/c19-12-16-17(21-10-9-20-16)25-15-7-11-23(13-15)18(24)22-8-6-14-4-2-1-3-5-14/h1-5,9-10,15H,6-8,11,13H2,(H,22,24). The summed E-state index contributed by atoms with van der Waals surface area (Å²) < 4.78 is 5.73. The Hall–Kier alpha value is -3.14. The molecule has 0 radical (unpaired) electrons. The van der Waals surface area contributed by atoms with Crippen LogP contribution in [0.25, 0.3) is 0 Å². The lowest BCUT2D eigenvalue weighted by molar-refractivity contribution is 0.182. The highest BCUT2D eigenvalue weighted by Crippen LogP contribution is 2.18. The summed E-state index contributed by atoms with van der Waals surface area (Å²) in [6.07, 6.45) is 4.26. The van der Waals surface area contributed by atoms with E-state index in [0.717, 1.165) is 6.42 Å². The molecule has 25 heavy (non-hydrogen) atoms. The number of carbonyl (C=O) groups is 1. The lowest BCUT2D eigenvalue weighted by Crippen LogP contribution is -2.40. The highest BCUT2D eigenvalue weighted by Gasteiger charge is 2.28. The maximum Gasteiger partial charge on any atom is 0.317 e. The fraction of sp³-hybridized carbons (Fsp3) is 0.333. The number of hydrogen-bond acceptors (Lipinski definition) is 5. The average Bonchev–Trinajstić information content (AvgIpc) is 3.12. The normalized spacial score (nSPS) is 16.3. The van der Waals surface area contributed by atoms with Crippen molar-refractivity contribution < 1.29 is 9.53 Å². The van der Waals surface area contributed by atoms with Crippen molar-refractivity contribution in [2.45, 2.75) is 18.9 Å². The van der Waals surface area contributed by atoms with Crippen molar-refractivity contribution in [1.29, 1.82) is 5.26 Å². The van der Waals surface area contributed by atoms with Crippen LogP contribution >= 0.6 is 0 Å². The second-order valence-electron chi connectivity index (χ2n) is 5.76. The fourth-order valence-electron chi connectivity index (χ4n) is 2.73. The largest absolute Gasteiger partial charge is 0.470 e. The van der Waals surface area contributed by atoms with Crippen molar-refractivity contribution in [3.05, 3.63) is 54.0 Å². The Morgan fingerprint density at radius 1 is 1.32 bits per heavy atom. The van der Waals surface area contributed by atoms with Crippen LogP contribution in [0.4, 0.5) is 4.79 Å². The van der Waals surface area contributed by atoms with Gasteiger partial charge in [0, 0.05) is 31.9 Å². The second kappa shape index (κ2) is 8.11. The number of urea groups is 1. The molecule has 1 atom stereocenters. The molecule has 1 N–H and O–H groups in total. The summed E-state index contributed by atoms with van der Waals surface area (Å²) in [5.74, 6) is 0.223. The van der Waals surface area contributed by atoms with Crippen molar-refractivity contribution >= 4 is 6.03 Å². The molecule has 0 aliphatic carbocycles. The molecule has 1 aromatic heterocycles. The van der Waals surface area contributed by atoms with E-state index in [1.54, 1.807) is 4.90 Å². The Kier molecular flexibility index (Phi) is 5.42. The van der Waals surface area contributed by atoms with Crippen LogP contribution in [0.15, 0.2) is 42.7 Å². The highest BCUT2D eigenvalue weighted by molar-refractivity contribution is 5.74. The lowest BCUT2D eigenvalue weighted by atomic mass is 10.1. The number of amides is 2. The number of rotatable bonds is 5. The number of aromatic nitrogens is 2. The highest BCUT2D eigenvalue weighted by atomic mass is 16.5. The van der Waals surface area contributed by atoms with E-state index in [1.807, 2.05) is 36.4 Å². The summed E-state index contributed by atoms with van der Waals surface area (Å²) in [6, 6.07) is 11.9. The fourth-order valence-corrected chi connectivity index (χ4v) is 2.73. The van der Waals surface area contributed by atoms with Gasteiger partial charge in [0.25, 0.3) is 5.88 Å². The number of hydrogen-bond donors (Lipinski definition) is 1. The van der Waals surface area contributed by atoms with Gasteiger partial charge in [-0.2, -0.15) is 5.26 Å². The van der Waals surface area contributed by atoms with E-state index in [-0.39, 0.29) is 23.7 Å². The van der Waals surface area contributed by atoms with Crippen LogP contribution in [-0.4, -0.2) is 46.6 Å². The van der Waals surface area contributed by atoms with E-state index < -0.39 is 0 Å². The van der Waals surface area contributed by atoms with Gasteiger partial charge < -0.3 is 15.0 Å². The van der Waals surface area contributed by atoms with Gasteiger partial charge in [0.15, 0.2) is 0 Å². The van der Waals surface area contributed by atoms with E-state index in [1.165, 1.54) is 18.0 Å². The molecular weight excluding hydrogens is 318 g/mol. The second-order valence-corrected chi connectivity index (χ2v) is 5.76. The number of nitriles is 1. The van der Waals surface area contributed by atoms with Gasteiger partial charge in [0.1, 0.15) is 12.2 Å². The first-order valence-corrected chi connectivity index (χ1v) is 8.20. The minimum Gasteiger partial charge on any atom is -0.470 e. The maximum atomic E-state index is 12.2. The number of benzene rings is 1. The Morgan fingerprint density at radius 3 is 2.92 bits per heavy atom. The molecule has 1 aliphatic rings. The molecule has 2 heterocycles. The molecule has 3 rings (SSSR count). The van der Waals surface area contributed by atoms with Crippen LogP contribution in [0, 0.1) is 11.3 Å². The number of likely N-dealkylation sites (tertiary alicyclic amines) is 1. The van der Waals surface area contributed by atoms with Crippen LogP contribution in [0.2, 0.25) is 0 Å². The third kappa shape index (κ3) is 4.44. The van der Waals surface area contributed by atoms with Gasteiger partial charge >= 0.3 is 6.03 Å². The minimum atomic E-state index is -0.177. The van der Waals surface area contributed by atoms with Crippen molar-refractivity contribution in [2.24, 2.45) is 0 Å². The molecule has 0 saturated carbocycles. The van der Waals surface area contributed by atoms with Crippen LogP contribution in [0.3, 0.4) is 0 Å². The molecule has 2 amide bonds. The predicted molar refractivity (Wildman–Crippen MR) is 90.9 cm³/mol. The van der Waals surface area contributed by atoms with Crippen molar-refractivity contribution in [2.75, 3.05) is 19.6 Å². The van der Waals surface area contributed by atoms with Gasteiger partial charge in [-0.1, -0.05) is 30.3 Å². The Balaban J connectivity index is 1.46. The first-order valence-electron chi connectivity index (χ1n) is 8.20. The summed E-state index contributed by atoms with van der Waals surface area (Å²) >= 11 is 0. The first kappa shape index (κ1) is 16.7. The molecule has 1 saturated heterocycles. The van der Waals surface area contributed by atoms with Crippen LogP contribution in [-0.2, 0) is 6.42 Å². The summed E-state index contributed by atoms with van der Waals surface area (Å²) in [4.78, 5) is 21.9. The molecule has 7 heteroatoms. The summed E-state index contributed by atoms with van der Waals surface area (Å²) in [5, 5.41) is 11.9. The van der Waals surface area contributed by atoms with Gasteiger partial charge in [0.05, 0.1) is 6.54 Å². The lowest BCUT2D eigenvalue weighted by Gasteiger charge is -2.17. The van der Waals surface area contributed by atoms with E-state index in [4.69, 9.17) is 10.00 Å². The SMILES string of the molecule is N#Cc1nccnc1OC1CCN(C(=O)NCCc2ccccc2)C1. The zero-order valence-electron chi connectivity index (χ0n) is 13.8. The zero-order chi connectivity index (χ0) is 17.5. The molecule has 7 nitrogen and oxygen atoms in total. The number of ether oxygens (including phenoxy) is 1. The summed E-state index contributed by atoms with van der Waals surface area (Å²) in [7, 11) is 0. The third-order valence-corrected chi connectivity index (χ3v) is 4.01. The summed E-state index contributed by atoms with van der Waals surface area (Å²) in [5.41, 5.74) is 1.35. The smallest absolute Gasteiger partial charge is 0.317 e. The number of carbonyl (C=O) groups excluding carboxylic acids is 1. The monoisotopic (exact) mass is 337 g/mol. The van der Waals surface area contributed by atoms with Crippen molar-refractivity contribution in [3.63, 3.8) is 0 Å². The van der Waals surface area contributed by atoms with E-state index >= 15 is 0 Å². The number of nitrogens with one attached hydrogen (secondary N) is 1. The quantitative estimate of drug-likeness (QED) is 0.897. The maximum absolute atomic E-state index is 12.2. The van der Waals surface area contributed by atoms with Gasteiger partial charge in [-0.05, 0) is 12.0 Å². The molecule has 2 aromatic rings. The molecule has 128 valence electrons. The molecule has 1 aliphatic heterocycles. The van der Waals surface area contributed by atoms with Gasteiger partial charge in [-0.15, -0.1) is 0 Å². The van der Waals surface area contributed by atoms with Crippen LogP contribution in [0.1, 0.15) is 17.7 Å². The Bertz CT molecular complexity index is 760. The topological polar surface area (TPSA) is 91.1 Å². The summed E-state index contributed by atoms with van der Waals surface area (Å²) in [6.45, 7) is 1.68. The van der Waals surface area contributed by atoms with Gasteiger partial charge in [0.2, 0.25) is 5.69 Å². The van der Waals surface area contributed by atoms with Gasteiger partial charge in [-0.3, -0.25) is 0 Å². The number of nitrogens with zero attached hydrogens (tertiary/aromatic N) is 4. The average molecular weight is 337 g/mol. The van der Waals surface area contributed by atoms with E-state index in [2.05, 4.69) is 15.3 Å². The van der Waals surface area contributed by atoms with Crippen LogP contribution < -0.4 is 10.1 Å². The van der Waals surface area contributed by atoms with E-state index in [0.29, 0.717) is 26.1 Å². The third-order valence-electron chi connectivity index (χ3n) is 4.01. The molecule has 1 aromatic carbocycles. The zero-order valence-corrected chi connectivity index (χ0v) is 13.8. The molecular formula is C18H19N5O2. The predicted octanol–water partition coefficient (Wildman–Crippen LogP) is 1.75. The van der Waals surface area contributed by atoms with Crippen LogP contribution in [0.5, 0.6) is 5.88 Å². The Morgan fingerprint density at radius 2 is 2.12 bits per heavy atom. The van der Waals surface area contributed by atoms with Crippen molar-refractivity contribution in [3.8, 4) is 11.9 Å².